The standard InChI is InChI=1S/C14H23N3S.HI/c1-4-15-13(16-10-12-6-5-9-18-12)17-8-7-14(2,3)11-17;/h5-6,9H,4,7-8,10-11H2,1-3H3,(H,15,16);1H. The topological polar surface area (TPSA) is 27.6 Å². The van der Waals surface area contributed by atoms with Gasteiger partial charge in [0.2, 0.25) is 0 Å². The van der Waals surface area contributed by atoms with Crippen LogP contribution in [0.3, 0.4) is 0 Å². The molecule has 1 fully saturated rings. The van der Waals surface area contributed by atoms with Crippen LogP contribution in [0.25, 0.3) is 0 Å². The molecule has 0 unspecified atom stereocenters. The molecular weight excluding hydrogens is 369 g/mol. The molecule has 0 radical (unpaired) electrons. The van der Waals surface area contributed by atoms with Gasteiger partial charge in [-0.05, 0) is 30.2 Å². The lowest BCUT2D eigenvalue weighted by atomic mass is 9.93. The van der Waals surface area contributed by atoms with E-state index in [1.807, 2.05) is 0 Å². The summed E-state index contributed by atoms with van der Waals surface area (Å²) in [5.41, 5.74) is 0.416. The number of nitrogens with zero attached hydrogens (tertiary/aromatic N) is 2. The Labute approximate surface area is 137 Å². The quantitative estimate of drug-likeness (QED) is 0.483. The van der Waals surface area contributed by atoms with Crippen molar-refractivity contribution >= 4 is 41.3 Å². The molecule has 0 bridgehead atoms. The lowest BCUT2D eigenvalue weighted by molar-refractivity contribution is 0.370. The molecule has 1 aliphatic heterocycles. The molecule has 0 saturated carbocycles. The number of nitrogens with one attached hydrogen (secondary N) is 1. The Morgan fingerprint density at radius 1 is 1.53 bits per heavy atom. The zero-order valence-corrected chi connectivity index (χ0v) is 15.1. The summed E-state index contributed by atoms with van der Waals surface area (Å²) in [6.07, 6.45) is 1.25. The molecule has 108 valence electrons. The molecular formula is C14H24IN3S. The number of hydrogen-bond donors (Lipinski definition) is 1. The second-order valence-corrected chi connectivity index (χ2v) is 6.62. The SMILES string of the molecule is CCNC(=NCc1cccs1)N1CCC(C)(C)C1.I. The molecule has 0 atom stereocenters. The van der Waals surface area contributed by atoms with Crippen molar-refractivity contribution in [1.29, 1.82) is 0 Å². The van der Waals surface area contributed by atoms with Crippen LogP contribution in [-0.4, -0.2) is 30.5 Å². The first kappa shape index (κ1) is 16.8. The zero-order chi connectivity index (χ0) is 13.0. The molecule has 1 aromatic heterocycles. The molecule has 2 rings (SSSR count). The minimum Gasteiger partial charge on any atom is -0.357 e. The fraction of sp³-hybridized carbons (Fsp3) is 0.643. The summed E-state index contributed by atoms with van der Waals surface area (Å²) >= 11 is 1.77. The maximum atomic E-state index is 4.75. The van der Waals surface area contributed by atoms with Gasteiger partial charge < -0.3 is 10.2 Å². The van der Waals surface area contributed by atoms with Crippen molar-refractivity contribution in [2.24, 2.45) is 10.4 Å². The van der Waals surface area contributed by atoms with Gasteiger partial charge in [-0.1, -0.05) is 19.9 Å². The van der Waals surface area contributed by atoms with E-state index in [1.54, 1.807) is 11.3 Å². The lowest BCUT2D eigenvalue weighted by Crippen LogP contribution is -2.40. The van der Waals surface area contributed by atoms with E-state index in [4.69, 9.17) is 4.99 Å². The molecule has 1 aromatic rings. The number of halogens is 1. The summed E-state index contributed by atoms with van der Waals surface area (Å²) in [6, 6.07) is 4.23. The molecule has 1 aliphatic rings. The summed E-state index contributed by atoms with van der Waals surface area (Å²) in [6.45, 7) is 10.7. The second kappa shape index (κ2) is 7.47. The Hall–Kier alpha value is -0.300. The van der Waals surface area contributed by atoms with E-state index in [1.165, 1.54) is 11.3 Å². The van der Waals surface area contributed by atoms with Gasteiger partial charge in [0, 0.05) is 24.5 Å². The Kier molecular flexibility index (Phi) is 6.59. The fourth-order valence-corrected chi connectivity index (χ4v) is 2.90. The number of rotatable bonds is 3. The van der Waals surface area contributed by atoms with E-state index in [0.717, 1.165) is 32.1 Å². The van der Waals surface area contributed by atoms with Crippen molar-refractivity contribution in [3.63, 3.8) is 0 Å². The molecule has 0 aliphatic carbocycles. The number of thiophene rings is 1. The second-order valence-electron chi connectivity index (χ2n) is 5.59. The van der Waals surface area contributed by atoms with Crippen LogP contribution in [0.5, 0.6) is 0 Å². The summed E-state index contributed by atoms with van der Waals surface area (Å²) < 4.78 is 0. The molecule has 3 nitrogen and oxygen atoms in total. The van der Waals surface area contributed by atoms with Gasteiger partial charge in [-0.15, -0.1) is 35.3 Å². The third-order valence-corrected chi connectivity index (χ3v) is 4.14. The van der Waals surface area contributed by atoms with Crippen molar-refractivity contribution in [3.8, 4) is 0 Å². The average molecular weight is 393 g/mol. The molecule has 0 spiro atoms. The first-order chi connectivity index (χ1) is 8.61. The third-order valence-electron chi connectivity index (χ3n) is 3.28. The monoisotopic (exact) mass is 393 g/mol. The number of guanidine groups is 1. The van der Waals surface area contributed by atoms with E-state index >= 15 is 0 Å². The van der Waals surface area contributed by atoms with E-state index in [0.29, 0.717) is 5.41 Å². The van der Waals surface area contributed by atoms with E-state index in [-0.39, 0.29) is 24.0 Å². The first-order valence-corrected chi connectivity index (χ1v) is 7.54. The van der Waals surface area contributed by atoms with Gasteiger partial charge in [-0.3, -0.25) is 0 Å². The highest BCUT2D eigenvalue weighted by atomic mass is 127. The molecule has 0 amide bonds. The van der Waals surface area contributed by atoms with Gasteiger partial charge in [0.1, 0.15) is 0 Å². The van der Waals surface area contributed by atoms with Gasteiger partial charge in [-0.2, -0.15) is 0 Å². The fourth-order valence-electron chi connectivity index (χ4n) is 2.27. The average Bonchev–Trinajstić information content (AvgIpc) is 2.93. The highest BCUT2D eigenvalue weighted by Crippen LogP contribution is 2.28. The summed E-state index contributed by atoms with van der Waals surface area (Å²) in [7, 11) is 0. The Morgan fingerprint density at radius 2 is 2.32 bits per heavy atom. The van der Waals surface area contributed by atoms with Crippen LogP contribution in [0.4, 0.5) is 0 Å². The van der Waals surface area contributed by atoms with E-state index < -0.39 is 0 Å². The number of hydrogen-bond acceptors (Lipinski definition) is 2. The first-order valence-electron chi connectivity index (χ1n) is 6.66. The predicted molar refractivity (Wildman–Crippen MR) is 94.5 cm³/mol. The minimum atomic E-state index is 0. The summed E-state index contributed by atoms with van der Waals surface area (Å²) in [4.78, 5) is 8.45. The van der Waals surface area contributed by atoms with Gasteiger partial charge in [0.05, 0.1) is 6.54 Å². The van der Waals surface area contributed by atoms with E-state index in [2.05, 4.69) is 48.5 Å². The van der Waals surface area contributed by atoms with Crippen LogP contribution < -0.4 is 5.32 Å². The summed E-state index contributed by atoms with van der Waals surface area (Å²) in [5.74, 6) is 1.07. The number of aliphatic imine (C=N–C) groups is 1. The molecule has 0 aromatic carbocycles. The third kappa shape index (κ3) is 4.95. The number of likely N-dealkylation sites (tertiary alicyclic amines) is 1. The molecule has 1 saturated heterocycles. The van der Waals surface area contributed by atoms with Crippen LogP contribution in [0.1, 0.15) is 32.1 Å². The van der Waals surface area contributed by atoms with Crippen molar-refractivity contribution < 1.29 is 0 Å². The maximum Gasteiger partial charge on any atom is 0.194 e. The predicted octanol–water partition coefficient (Wildman–Crippen LogP) is 3.56. The Balaban J connectivity index is 0.00000180. The van der Waals surface area contributed by atoms with Gasteiger partial charge in [0.25, 0.3) is 0 Å². The highest BCUT2D eigenvalue weighted by molar-refractivity contribution is 14.0. The Bertz CT molecular complexity index is 401. The van der Waals surface area contributed by atoms with Crippen molar-refractivity contribution in [2.75, 3.05) is 19.6 Å². The molecule has 2 heterocycles. The normalized spacial score (nSPS) is 18.3. The van der Waals surface area contributed by atoms with Gasteiger partial charge in [-0.25, -0.2) is 4.99 Å². The molecule has 5 heteroatoms. The summed E-state index contributed by atoms with van der Waals surface area (Å²) in [5, 5.41) is 5.51. The van der Waals surface area contributed by atoms with Crippen LogP contribution in [-0.2, 0) is 6.54 Å². The minimum absolute atomic E-state index is 0. The molecule has 19 heavy (non-hydrogen) atoms. The zero-order valence-electron chi connectivity index (χ0n) is 12.0. The van der Waals surface area contributed by atoms with E-state index in [9.17, 15) is 0 Å². The van der Waals surface area contributed by atoms with Crippen molar-refractivity contribution in [1.82, 2.24) is 10.2 Å². The largest absolute Gasteiger partial charge is 0.357 e. The van der Waals surface area contributed by atoms with Gasteiger partial charge in [0.15, 0.2) is 5.96 Å². The highest BCUT2D eigenvalue weighted by Gasteiger charge is 2.30. The van der Waals surface area contributed by atoms with Crippen molar-refractivity contribution in [3.05, 3.63) is 22.4 Å². The Morgan fingerprint density at radius 3 is 2.84 bits per heavy atom. The van der Waals surface area contributed by atoms with Crippen LogP contribution in [0.2, 0.25) is 0 Å². The van der Waals surface area contributed by atoms with Crippen LogP contribution in [0, 0.1) is 5.41 Å². The van der Waals surface area contributed by atoms with Gasteiger partial charge >= 0.3 is 0 Å². The van der Waals surface area contributed by atoms with Crippen LogP contribution >= 0.6 is 35.3 Å². The maximum absolute atomic E-state index is 4.75. The smallest absolute Gasteiger partial charge is 0.194 e. The van der Waals surface area contributed by atoms with Crippen LogP contribution in [0.15, 0.2) is 22.5 Å². The van der Waals surface area contributed by atoms with Crippen molar-refractivity contribution in [2.45, 2.75) is 33.7 Å². The molecule has 1 N–H and O–H groups in total. The lowest BCUT2D eigenvalue weighted by Gasteiger charge is -2.23.